The van der Waals surface area contributed by atoms with Gasteiger partial charge in [0.2, 0.25) is 0 Å². The molecule has 0 saturated heterocycles. The maximum Gasteiger partial charge on any atom is 0.337 e. The maximum absolute atomic E-state index is 12.7. The summed E-state index contributed by atoms with van der Waals surface area (Å²) < 4.78 is 9.96. The van der Waals surface area contributed by atoms with Gasteiger partial charge in [0, 0.05) is 19.5 Å². The molecule has 0 N–H and O–H groups in total. The molecule has 0 atom stereocenters. The van der Waals surface area contributed by atoms with Gasteiger partial charge >= 0.3 is 5.97 Å². The van der Waals surface area contributed by atoms with Crippen molar-refractivity contribution in [3.05, 3.63) is 52.4 Å². The number of aromatic nitrogens is 1. The Kier molecular flexibility index (Phi) is 5.39. The van der Waals surface area contributed by atoms with Gasteiger partial charge in [-0.2, -0.15) is 0 Å². The van der Waals surface area contributed by atoms with E-state index < -0.39 is 0 Å². The number of esters is 1. The van der Waals surface area contributed by atoms with Crippen molar-refractivity contribution < 1.29 is 18.8 Å². The minimum absolute atomic E-state index is 0.0814. The van der Waals surface area contributed by atoms with Crippen LogP contribution in [0, 0.1) is 6.92 Å². The van der Waals surface area contributed by atoms with E-state index in [-0.39, 0.29) is 17.8 Å². The van der Waals surface area contributed by atoms with E-state index in [0.29, 0.717) is 29.1 Å². The summed E-state index contributed by atoms with van der Waals surface area (Å²) in [6.07, 6.45) is 0. The molecule has 0 spiro atoms. The lowest BCUT2D eigenvalue weighted by Gasteiger charge is -2.18. The second-order valence-electron chi connectivity index (χ2n) is 6.01. The monoisotopic (exact) mass is 330 g/mol. The Labute approximate surface area is 141 Å². The summed E-state index contributed by atoms with van der Waals surface area (Å²) >= 11 is 0. The Bertz CT molecular complexity index is 732. The minimum atomic E-state index is -0.382. The topological polar surface area (TPSA) is 72.6 Å². The van der Waals surface area contributed by atoms with Crippen LogP contribution >= 0.6 is 0 Å². The highest BCUT2D eigenvalue weighted by molar-refractivity contribution is 5.96. The van der Waals surface area contributed by atoms with Crippen molar-refractivity contribution in [3.63, 3.8) is 0 Å². The van der Waals surface area contributed by atoms with Crippen molar-refractivity contribution in [2.45, 2.75) is 33.2 Å². The summed E-state index contributed by atoms with van der Waals surface area (Å²) in [6, 6.07) is 6.98. The zero-order valence-corrected chi connectivity index (χ0v) is 14.6. The molecule has 1 amide bonds. The lowest BCUT2D eigenvalue weighted by Crippen LogP contribution is -2.27. The summed E-state index contributed by atoms with van der Waals surface area (Å²) in [6.45, 7) is 6.11. The molecule has 0 bridgehead atoms. The van der Waals surface area contributed by atoms with Crippen LogP contribution in [-0.4, -0.2) is 36.1 Å². The van der Waals surface area contributed by atoms with Crippen molar-refractivity contribution in [3.8, 4) is 0 Å². The van der Waals surface area contributed by atoms with Crippen molar-refractivity contribution in [2.75, 3.05) is 14.2 Å². The Morgan fingerprint density at radius 3 is 2.42 bits per heavy atom. The lowest BCUT2D eigenvalue weighted by molar-refractivity contribution is 0.0600. The second kappa shape index (κ2) is 7.29. The molecule has 2 rings (SSSR count). The van der Waals surface area contributed by atoms with E-state index in [1.165, 1.54) is 7.11 Å². The third-order valence-corrected chi connectivity index (χ3v) is 3.77. The number of rotatable bonds is 5. The fourth-order valence-corrected chi connectivity index (χ4v) is 2.44. The number of carbonyl (C=O) groups excluding carboxylic acids is 2. The normalized spacial score (nSPS) is 10.8. The van der Waals surface area contributed by atoms with Crippen molar-refractivity contribution in [2.24, 2.45) is 0 Å². The molecular weight excluding hydrogens is 308 g/mol. The number of ether oxygens (including phenoxy) is 1. The number of hydrogen-bond donors (Lipinski definition) is 0. The molecule has 1 heterocycles. The van der Waals surface area contributed by atoms with E-state index in [1.807, 2.05) is 13.8 Å². The Morgan fingerprint density at radius 1 is 1.25 bits per heavy atom. The van der Waals surface area contributed by atoms with Gasteiger partial charge in [0.15, 0.2) is 5.76 Å². The van der Waals surface area contributed by atoms with Crippen LogP contribution < -0.4 is 0 Å². The van der Waals surface area contributed by atoms with Gasteiger partial charge in [-0.15, -0.1) is 0 Å². The first-order chi connectivity index (χ1) is 11.3. The largest absolute Gasteiger partial charge is 0.465 e. The van der Waals surface area contributed by atoms with E-state index in [4.69, 9.17) is 4.52 Å². The summed E-state index contributed by atoms with van der Waals surface area (Å²) in [5.41, 5.74) is 2.51. The average Bonchev–Trinajstić information content (AvgIpc) is 2.95. The van der Waals surface area contributed by atoms with E-state index in [1.54, 1.807) is 43.1 Å². The highest BCUT2D eigenvalue weighted by Crippen LogP contribution is 2.24. The van der Waals surface area contributed by atoms with Crippen LogP contribution in [0.5, 0.6) is 0 Å². The first-order valence-electron chi connectivity index (χ1n) is 7.74. The minimum Gasteiger partial charge on any atom is -0.465 e. The third kappa shape index (κ3) is 3.64. The van der Waals surface area contributed by atoms with Gasteiger partial charge in [0.25, 0.3) is 5.91 Å². The first kappa shape index (κ1) is 17.7. The van der Waals surface area contributed by atoms with E-state index in [9.17, 15) is 9.59 Å². The van der Waals surface area contributed by atoms with Crippen LogP contribution in [0.3, 0.4) is 0 Å². The highest BCUT2D eigenvalue weighted by atomic mass is 16.5. The van der Waals surface area contributed by atoms with Crippen LogP contribution in [0.1, 0.15) is 57.5 Å². The van der Waals surface area contributed by atoms with Crippen LogP contribution in [-0.2, 0) is 11.3 Å². The number of nitrogens with zero attached hydrogens (tertiary/aromatic N) is 2. The quantitative estimate of drug-likeness (QED) is 0.787. The van der Waals surface area contributed by atoms with Crippen molar-refractivity contribution >= 4 is 11.9 Å². The molecule has 1 aromatic heterocycles. The molecule has 6 heteroatoms. The van der Waals surface area contributed by atoms with E-state index in [2.05, 4.69) is 9.89 Å². The first-order valence-corrected chi connectivity index (χ1v) is 7.74. The summed E-state index contributed by atoms with van der Waals surface area (Å²) in [5, 5.41) is 3.91. The molecule has 1 aromatic carbocycles. The van der Waals surface area contributed by atoms with Crippen molar-refractivity contribution in [1.82, 2.24) is 10.1 Å². The molecular formula is C18H22N2O4. The molecule has 0 unspecified atom stereocenters. The van der Waals surface area contributed by atoms with Crippen LogP contribution in [0.4, 0.5) is 0 Å². The predicted octanol–water partition coefficient (Wildman–Crippen LogP) is 3.17. The Hall–Kier alpha value is -2.63. The fraction of sp³-hybridized carbons (Fsp3) is 0.389. The van der Waals surface area contributed by atoms with Gasteiger partial charge in [-0.25, -0.2) is 4.79 Å². The molecule has 0 aliphatic carbocycles. The van der Waals surface area contributed by atoms with Crippen LogP contribution in [0.25, 0.3) is 0 Å². The number of hydrogen-bond acceptors (Lipinski definition) is 5. The summed E-state index contributed by atoms with van der Waals surface area (Å²) in [7, 11) is 3.07. The molecule has 0 aliphatic heterocycles. The number of amides is 1. The molecule has 0 fully saturated rings. The molecule has 0 aliphatic rings. The van der Waals surface area contributed by atoms with Gasteiger partial charge in [-0.1, -0.05) is 31.1 Å². The zero-order valence-electron chi connectivity index (χ0n) is 14.6. The van der Waals surface area contributed by atoms with Crippen LogP contribution in [0.2, 0.25) is 0 Å². The number of carbonyl (C=O) groups is 2. The second-order valence-corrected chi connectivity index (χ2v) is 6.01. The smallest absolute Gasteiger partial charge is 0.337 e. The van der Waals surface area contributed by atoms with Gasteiger partial charge < -0.3 is 14.2 Å². The van der Waals surface area contributed by atoms with Gasteiger partial charge in [-0.05, 0) is 24.6 Å². The lowest BCUT2D eigenvalue weighted by atomic mass is 10.0. The number of methoxy groups -OCH3 is 1. The number of aryl methyl sites for hydroxylation is 1. The summed E-state index contributed by atoms with van der Waals surface area (Å²) in [4.78, 5) is 25.8. The van der Waals surface area contributed by atoms with Gasteiger partial charge in [0.05, 0.1) is 18.4 Å². The van der Waals surface area contributed by atoms with Crippen molar-refractivity contribution in [1.29, 1.82) is 0 Å². The molecule has 0 radical (unpaired) electrons. The zero-order chi connectivity index (χ0) is 17.9. The van der Waals surface area contributed by atoms with Gasteiger partial charge in [-0.3, -0.25) is 4.79 Å². The standard InChI is InChI=1S/C18H22N2O4/c1-11(2)16-15(12(3)19-24-16)17(21)20(4)10-13-6-8-14(9-7-13)18(22)23-5/h6-9,11H,10H2,1-5H3. The Balaban J connectivity index is 2.15. The fourth-order valence-electron chi connectivity index (χ4n) is 2.44. The molecule has 24 heavy (non-hydrogen) atoms. The van der Waals surface area contributed by atoms with E-state index >= 15 is 0 Å². The number of benzene rings is 1. The SMILES string of the molecule is COC(=O)c1ccc(CN(C)C(=O)c2c(C)noc2C(C)C)cc1. The Morgan fingerprint density at radius 2 is 1.88 bits per heavy atom. The highest BCUT2D eigenvalue weighted by Gasteiger charge is 2.25. The average molecular weight is 330 g/mol. The van der Waals surface area contributed by atoms with Gasteiger partial charge in [0.1, 0.15) is 5.56 Å². The summed E-state index contributed by atoms with van der Waals surface area (Å²) in [5.74, 6) is 0.172. The third-order valence-electron chi connectivity index (χ3n) is 3.77. The maximum atomic E-state index is 12.7. The molecule has 2 aromatic rings. The van der Waals surface area contributed by atoms with E-state index in [0.717, 1.165) is 5.56 Å². The van der Waals surface area contributed by atoms with Crippen LogP contribution in [0.15, 0.2) is 28.8 Å². The molecule has 128 valence electrons. The molecule has 0 saturated carbocycles. The predicted molar refractivity (Wildman–Crippen MR) is 88.9 cm³/mol. The molecule has 6 nitrogen and oxygen atoms in total.